The highest BCUT2D eigenvalue weighted by Crippen LogP contribution is 2.26. The molecule has 0 bridgehead atoms. The van der Waals surface area contributed by atoms with Gasteiger partial charge in [-0.25, -0.2) is 0 Å². The van der Waals surface area contributed by atoms with Crippen LogP contribution < -0.4 is 5.32 Å². The molecule has 0 atom stereocenters. The predicted molar refractivity (Wildman–Crippen MR) is 110 cm³/mol. The molecule has 5 heteroatoms. The van der Waals surface area contributed by atoms with Gasteiger partial charge in [0.25, 0.3) is 5.91 Å². The summed E-state index contributed by atoms with van der Waals surface area (Å²) >= 11 is 0. The molecule has 0 spiro atoms. The van der Waals surface area contributed by atoms with Gasteiger partial charge in [-0.2, -0.15) is 0 Å². The van der Waals surface area contributed by atoms with Gasteiger partial charge in [0.05, 0.1) is 11.3 Å². The predicted octanol–water partition coefficient (Wildman–Crippen LogP) is 4.05. The van der Waals surface area contributed by atoms with Crippen molar-refractivity contribution in [1.29, 1.82) is 0 Å². The molecular weight excluding hydrogens is 348 g/mol. The number of aromatic nitrogens is 3. The Balaban J connectivity index is 1.39. The van der Waals surface area contributed by atoms with Crippen LogP contribution in [-0.2, 0) is 6.42 Å². The first kappa shape index (κ1) is 17.8. The van der Waals surface area contributed by atoms with Crippen LogP contribution in [0.3, 0.4) is 0 Å². The van der Waals surface area contributed by atoms with Crippen molar-refractivity contribution in [2.24, 2.45) is 0 Å². The molecular formula is C23H20N4O. The summed E-state index contributed by atoms with van der Waals surface area (Å²) < 4.78 is 0. The van der Waals surface area contributed by atoms with E-state index >= 15 is 0 Å². The number of amides is 1. The average Bonchev–Trinajstić information content (AvgIpc) is 2.77. The zero-order valence-corrected chi connectivity index (χ0v) is 15.4. The number of nitrogens with one attached hydrogen (secondary N) is 1. The summed E-state index contributed by atoms with van der Waals surface area (Å²) in [6.07, 6.45) is 8.72. The Labute approximate surface area is 163 Å². The number of pyridine rings is 3. The maximum absolute atomic E-state index is 12.3. The molecule has 4 rings (SSSR count). The monoisotopic (exact) mass is 368 g/mol. The summed E-state index contributed by atoms with van der Waals surface area (Å²) in [6, 6.07) is 17.6. The van der Waals surface area contributed by atoms with Crippen molar-refractivity contribution in [2.45, 2.75) is 12.8 Å². The molecule has 1 amide bonds. The molecule has 3 heterocycles. The summed E-state index contributed by atoms with van der Waals surface area (Å²) in [6.45, 7) is 0.605. The van der Waals surface area contributed by atoms with Crippen LogP contribution in [0.5, 0.6) is 0 Å². The van der Waals surface area contributed by atoms with Crippen LogP contribution in [-0.4, -0.2) is 27.4 Å². The fraction of sp³-hybridized carbons (Fsp3) is 0.130. The van der Waals surface area contributed by atoms with Crippen LogP contribution in [0.4, 0.5) is 0 Å². The highest BCUT2D eigenvalue weighted by molar-refractivity contribution is 5.96. The topological polar surface area (TPSA) is 67.8 Å². The number of nitrogens with zero attached hydrogens (tertiary/aromatic N) is 3. The van der Waals surface area contributed by atoms with E-state index in [4.69, 9.17) is 0 Å². The van der Waals surface area contributed by atoms with Gasteiger partial charge in [-0.3, -0.25) is 19.7 Å². The summed E-state index contributed by atoms with van der Waals surface area (Å²) in [7, 11) is 0. The van der Waals surface area contributed by atoms with Gasteiger partial charge in [-0.1, -0.05) is 24.3 Å². The van der Waals surface area contributed by atoms with Crippen LogP contribution in [0.25, 0.3) is 22.0 Å². The molecule has 5 nitrogen and oxygen atoms in total. The number of aryl methyl sites for hydroxylation is 1. The third kappa shape index (κ3) is 4.04. The fourth-order valence-electron chi connectivity index (χ4n) is 3.15. The molecule has 0 aliphatic rings. The first-order valence-electron chi connectivity index (χ1n) is 9.28. The van der Waals surface area contributed by atoms with Crippen molar-refractivity contribution in [3.8, 4) is 11.3 Å². The van der Waals surface area contributed by atoms with E-state index in [0.29, 0.717) is 12.1 Å². The SMILES string of the molecule is O=C(NCCCc1ccccn1)c1ccc(-c2cccc3cnccc23)nc1. The molecule has 3 aromatic heterocycles. The van der Waals surface area contributed by atoms with Crippen molar-refractivity contribution in [2.75, 3.05) is 6.54 Å². The summed E-state index contributed by atoms with van der Waals surface area (Å²) in [4.78, 5) is 25.3. The second-order valence-electron chi connectivity index (χ2n) is 6.52. The number of carbonyl (C=O) groups excluding carboxylic acids is 1. The van der Waals surface area contributed by atoms with Gasteiger partial charge in [-0.05, 0) is 48.6 Å². The average molecular weight is 368 g/mol. The molecule has 1 aromatic carbocycles. The zero-order valence-electron chi connectivity index (χ0n) is 15.4. The maximum atomic E-state index is 12.3. The number of carbonyl (C=O) groups is 1. The lowest BCUT2D eigenvalue weighted by molar-refractivity contribution is 0.0953. The lowest BCUT2D eigenvalue weighted by Gasteiger charge is -2.08. The quantitative estimate of drug-likeness (QED) is 0.521. The Morgan fingerprint density at radius 1 is 0.893 bits per heavy atom. The largest absolute Gasteiger partial charge is 0.352 e. The smallest absolute Gasteiger partial charge is 0.252 e. The third-order valence-corrected chi connectivity index (χ3v) is 4.60. The number of fused-ring (bicyclic) bond motifs is 1. The highest BCUT2D eigenvalue weighted by Gasteiger charge is 2.08. The molecule has 28 heavy (non-hydrogen) atoms. The van der Waals surface area contributed by atoms with Crippen molar-refractivity contribution in [3.05, 3.63) is 90.6 Å². The van der Waals surface area contributed by atoms with Crippen molar-refractivity contribution in [3.63, 3.8) is 0 Å². The van der Waals surface area contributed by atoms with Gasteiger partial charge < -0.3 is 5.32 Å². The minimum Gasteiger partial charge on any atom is -0.352 e. The fourth-order valence-corrected chi connectivity index (χ4v) is 3.15. The van der Waals surface area contributed by atoms with Gasteiger partial charge in [0.2, 0.25) is 0 Å². The summed E-state index contributed by atoms with van der Waals surface area (Å²) in [5.74, 6) is -0.109. The number of hydrogen-bond acceptors (Lipinski definition) is 4. The van der Waals surface area contributed by atoms with E-state index in [-0.39, 0.29) is 5.91 Å². The van der Waals surface area contributed by atoms with E-state index in [2.05, 4.69) is 20.3 Å². The van der Waals surface area contributed by atoms with Gasteiger partial charge in [-0.15, -0.1) is 0 Å². The lowest BCUT2D eigenvalue weighted by Crippen LogP contribution is -2.24. The van der Waals surface area contributed by atoms with Crippen molar-refractivity contribution >= 4 is 16.7 Å². The number of benzene rings is 1. The van der Waals surface area contributed by atoms with E-state index in [1.54, 1.807) is 18.6 Å². The van der Waals surface area contributed by atoms with Gasteiger partial charge >= 0.3 is 0 Å². The second kappa shape index (κ2) is 8.39. The molecule has 0 aliphatic carbocycles. The molecule has 138 valence electrons. The molecule has 4 aromatic rings. The van der Waals surface area contributed by atoms with E-state index in [1.807, 2.05) is 60.8 Å². The highest BCUT2D eigenvalue weighted by atomic mass is 16.1. The Morgan fingerprint density at radius 3 is 2.68 bits per heavy atom. The van der Waals surface area contributed by atoms with Crippen molar-refractivity contribution in [1.82, 2.24) is 20.3 Å². The minimum atomic E-state index is -0.109. The Bertz CT molecular complexity index is 1070. The van der Waals surface area contributed by atoms with Crippen LogP contribution in [0.1, 0.15) is 22.5 Å². The van der Waals surface area contributed by atoms with Crippen LogP contribution in [0, 0.1) is 0 Å². The van der Waals surface area contributed by atoms with E-state index in [1.165, 1.54) is 0 Å². The third-order valence-electron chi connectivity index (χ3n) is 4.60. The maximum Gasteiger partial charge on any atom is 0.252 e. The molecule has 0 radical (unpaired) electrons. The molecule has 0 unspecified atom stereocenters. The van der Waals surface area contributed by atoms with Crippen molar-refractivity contribution < 1.29 is 4.79 Å². The molecule has 0 saturated carbocycles. The summed E-state index contributed by atoms with van der Waals surface area (Å²) in [5.41, 5.74) is 3.46. The number of hydrogen-bond donors (Lipinski definition) is 1. The first-order chi connectivity index (χ1) is 13.8. The Hall–Kier alpha value is -3.60. The van der Waals surface area contributed by atoms with E-state index < -0.39 is 0 Å². The van der Waals surface area contributed by atoms with E-state index in [0.717, 1.165) is 40.6 Å². The molecule has 1 N–H and O–H groups in total. The first-order valence-corrected chi connectivity index (χ1v) is 9.28. The van der Waals surface area contributed by atoms with Crippen LogP contribution in [0.2, 0.25) is 0 Å². The standard InChI is InChI=1S/C23H20N4O/c28-23(26-13-4-7-19-6-1-2-12-25-19)18-9-10-22(27-16-18)21-8-3-5-17-15-24-14-11-20(17)21/h1-3,5-6,8-12,14-16H,4,7,13H2,(H,26,28). The Morgan fingerprint density at radius 2 is 1.86 bits per heavy atom. The molecule has 0 aliphatic heterocycles. The second-order valence-corrected chi connectivity index (χ2v) is 6.52. The van der Waals surface area contributed by atoms with Crippen LogP contribution in [0.15, 0.2) is 79.4 Å². The summed E-state index contributed by atoms with van der Waals surface area (Å²) in [5, 5.41) is 5.10. The van der Waals surface area contributed by atoms with Crippen LogP contribution >= 0.6 is 0 Å². The molecule has 0 saturated heterocycles. The van der Waals surface area contributed by atoms with E-state index in [9.17, 15) is 4.79 Å². The zero-order chi connectivity index (χ0) is 19.2. The lowest BCUT2D eigenvalue weighted by atomic mass is 10.0. The van der Waals surface area contributed by atoms with Gasteiger partial charge in [0.1, 0.15) is 0 Å². The minimum absolute atomic E-state index is 0.109. The normalized spacial score (nSPS) is 10.7. The number of rotatable bonds is 6. The van der Waals surface area contributed by atoms with Gasteiger partial charge in [0.15, 0.2) is 0 Å². The Kier molecular flexibility index (Phi) is 5.33. The van der Waals surface area contributed by atoms with Gasteiger partial charge in [0, 0.05) is 48.0 Å². The molecule has 0 fully saturated rings.